The van der Waals surface area contributed by atoms with Gasteiger partial charge in [-0.3, -0.25) is 0 Å². The van der Waals surface area contributed by atoms with E-state index in [2.05, 4.69) is 15.5 Å². The van der Waals surface area contributed by atoms with Gasteiger partial charge in [-0.15, -0.1) is 0 Å². The molecule has 156 valence electrons. The Morgan fingerprint density at radius 2 is 2.17 bits per heavy atom. The lowest BCUT2D eigenvalue weighted by atomic mass is 10.2. The Bertz CT molecular complexity index is 1060. The first-order chi connectivity index (χ1) is 14.5. The summed E-state index contributed by atoms with van der Waals surface area (Å²) in [5, 5.41) is 6.69. The third-order valence-electron chi connectivity index (χ3n) is 4.99. The van der Waals surface area contributed by atoms with E-state index >= 15 is 0 Å². The number of carbonyl (C=O) groups is 1. The first kappa shape index (κ1) is 19.8. The molecule has 3 aromatic rings. The fourth-order valence-corrected chi connectivity index (χ4v) is 3.48. The maximum absolute atomic E-state index is 14.0. The third-order valence-corrected chi connectivity index (χ3v) is 4.99. The highest BCUT2D eigenvalue weighted by atomic mass is 19.1. The van der Waals surface area contributed by atoms with Crippen LogP contribution in [0.4, 0.5) is 13.6 Å². The molecule has 30 heavy (non-hydrogen) atoms. The highest BCUT2D eigenvalue weighted by molar-refractivity contribution is 5.75. The van der Waals surface area contributed by atoms with Gasteiger partial charge >= 0.3 is 6.03 Å². The number of nitrogens with one attached hydrogen (secondary N) is 1. The van der Waals surface area contributed by atoms with Crippen LogP contribution < -0.4 is 10.1 Å². The number of urea groups is 1. The van der Waals surface area contributed by atoms with Crippen LogP contribution in [0.5, 0.6) is 5.75 Å². The largest absolute Gasteiger partial charge is 0.497 e. The standard InChI is InChI=1S/C21H20F2N4O3/c1-29-15-5-2-4-13(10-15)12-24-21(28)27-9-3-6-18(27)20-25-19(26-30-20)16-8-7-14(22)11-17(16)23/h2,4-5,7-8,10-11,18H,3,6,9,12H2,1H3,(H,24,28)/t18-/m0/s1. The molecule has 1 atom stereocenters. The highest BCUT2D eigenvalue weighted by Gasteiger charge is 2.34. The van der Waals surface area contributed by atoms with Gasteiger partial charge in [0.05, 0.1) is 12.7 Å². The summed E-state index contributed by atoms with van der Waals surface area (Å²) in [5.74, 6) is -0.502. The fourth-order valence-electron chi connectivity index (χ4n) is 3.48. The number of likely N-dealkylation sites (tertiary alicyclic amines) is 1. The maximum atomic E-state index is 14.0. The van der Waals surface area contributed by atoms with E-state index < -0.39 is 17.7 Å². The van der Waals surface area contributed by atoms with Crippen molar-refractivity contribution in [2.75, 3.05) is 13.7 Å². The van der Waals surface area contributed by atoms with Gasteiger partial charge in [0.15, 0.2) is 0 Å². The van der Waals surface area contributed by atoms with Gasteiger partial charge in [0.25, 0.3) is 0 Å². The zero-order valence-corrected chi connectivity index (χ0v) is 16.3. The number of halogens is 2. The molecule has 1 fully saturated rings. The summed E-state index contributed by atoms with van der Waals surface area (Å²) >= 11 is 0. The molecule has 0 aliphatic carbocycles. The number of nitrogens with zero attached hydrogens (tertiary/aromatic N) is 3. The Balaban J connectivity index is 1.45. The average molecular weight is 414 g/mol. The predicted molar refractivity (Wildman–Crippen MR) is 104 cm³/mol. The zero-order chi connectivity index (χ0) is 21.1. The summed E-state index contributed by atoms with van der Waals surface area (Å²) in [6, 6.07) is 9.92. The van der Waals surface area contributed by atoms with Crippen LogP contribution in [0.1, 0.15) is 30.3 Å². The van der Waals surface area contributed by atoms with Crippen molar-refractivity contribution in [3.63, 3.8) is 0 Å². The first-order valence-corrected chi connectivity index (χ1v) is 9.51. The molecule has 0 bridgehead atoms. The van der Waals surface area contributed by atoms with Crippen LogP contribution in [0.15, 0.2) is 47.0 Å². The van der Waals surface area contributed by atoms with Crippen LogP contribution >= 0.6 is 0 Å². The van der Waals surface area contributed by atoms with Crippen LogP contribution in [0.3, 0.4) is 0 Å². The molecule has 1 saturated heterocycles. The number of amides is 2. The van der Waals surface area contributed by atoms with Gasteiger partial charge in [-0.25, -0.2) is 13.6 Å². The number of hydrogen-bond donors (Lipinski definition) is 1. The van der Waals surface area contributed by atoms with Crippen molar-refractivity contribution in [1.82, 2.24) is 20.4 Å². The second-order valence-electron chi connectivity index (χ2n) is 6.94. The molecule has 4 rings (SSSR count). The average Bonchev–Trinajstić information content (AvgIpc) is 3.41. The van der Waals surface area contributed by atoms with E-state index in [9.17, 15) is 13.6 Å². The Morgan fingerprint density at radius 3 is 2.97 bits per heavy atom. The summed E-state index contributed by atoms with van der Waals surface area (Å²) in [5.41, 5.74) is 0.948. The molecule has 1 aliphatic heterocycles. The summed E-state index contributed by atoms with van der Waals surface area (Å²) in [6.45, 7) is 0.881. The lowest BCUT2D eigenvalue weighted by Crippen LogP contribution is -2.39. The van der Waals surface area contributed by atoms with Crippen molar-refractivity contribution in [2.24, 2.45) is 0 Å². The number of rotatable bonds is 5. The number of ether oxygens (including phenoxy) is 1. The lowest BCUT2D eigenvalue weighted by molar-refractivity contribution is 0.180. The molecule has 7 nitrogen and oxygen atoms in total. The van der Waals surface area contributed by atoms with Crippen molar-refractivity contribution < 1.29 is 22.8 Å². The van der Waals surface area contributed by atoms with Gasteiger partial charge in [0, 0.05) is 19.2 Å². The van der Waals surface area contributed by atoms with Crippen molar-refractivity contribution in [2.45, 2.75) is 25.4 Å². The minimum Gasteiger partial charge on any atom is -0.497 e. The van der Waals surface area contributed by atoms with Crippen molar-refractivity contribution >= 4 is 6.03 Å². The number of hydrogen-bond acceptors (Lipinski definition) is 5. The Hall–Kier alpha value is -3.49. The Labute approximate surface area is 171 Å². The molecular formula is C21H20F2N4O3. The SMILES string of the molecule is COc1cccc(CNC(=O)N2CCC[C@H]2c2nc(-c3ccc(F)cc3F)no2)c1. The maximum Gasteiger partial charge on any atom is 0.318 e. The molecule has 2 aromatic carbocycles. The number of carbonyl (C=O) groups excluding carboxylic acids is 1. The second kappa shape index (κ2) is 8.48. The van der Waals surface area contributed by atoms with Crippen LogP contribution in [-0.4, -0.2) is 34.7 Å². The molecular weight excluding hydrogens is 394 g/mol. The molecule has 0 radical (unpaired) electrons. The number of aromatic nitrogens is 2. The molecule has 0 spiro atoms. The summed E-state index contributed by atoms with van der Waals surface area (Å²) in [6.07, 6.45) is 1.43. The monoisotopic (exact) mass is 414 g/mol. The highest BCUT2D eigenvalue weighted by Crippen LogP contribution is 2.32. The van der Waals surface area contributed by atoms with Gasteiger partial charge in [0.2, 0.25) is 11.7 Å². The minimum absolute atomic E-state index is 0.0196. The van der Waals surface area contributed by atoms with Crippen LogP contribution in [0.25, 0.3) is 11.4 Å². The van der Waals surface area contributed by atoms with Gasteiger partial charge in [-0.2, -0.15) is 4.98 Å². The number of methoxy groups -OCH3 is 1. The van der Waals surface area contributed by atoms with Crippen LogP contribution in [-0.2, 0) is 6.54 Å². The van der Waals surface area contributed by atoms with Gasteiger partial charge in [-0.1, -0.05) is 17.3 Å². The summed E-state index contributed by atoms with van der Waals surface area (Å²) in [7, 11) is 1.59. The molecule has 2 heterocycles. The van der Waals surface area contributed by atoms with Gasteiger partial charge < -0.3 is 19.5 Å². The summed E-state index contributed by atoms with van der Waals surface area (Å²) < 4.78 is 37.6. The smallest absolute Gasteiger partial charge is 0.318 e. The van der Waals surface area contributed by atoms with E-state index in [4.69, 9.17) is 9.26 Å². The quantitative estimate of drug-likeness (QED) is 0.681. The van der Waals surface area contributed by atoms with Crippen LogP contribution in [0.2, 0.25) is 0 Å². The van der Waals surface area contributed by atoms with Crippen molar-refractivity contribution in [3.8, 4) is 17.1 Å². The van der Waals surface area contributed by atoms with Gasteiger partial charge in [0.1, 0.15) is 23.4 Å². The fraction of sp³-hybridized carbons (Fsp3) is 0.286. The molecule has 1 aromatic heterocycles. The van der Waals surface area contributed by atoms with Crippen LogP contribution in [0, 0.1) is 11.6 Å². The molecule has 2 amide bonds. The van der Waals surface area contributed by atoms with E-state index in [0.717, 1.165) is 24.1 Å². The normalized spacial score (nSPS) is 16.0. The number of benzene rings is 2. The van der Waals surface area contributed by atoms with E-state index in [1.165, 1.54) is 6.07 Å². The molecule has 9 heteroatoms. The van der Waals surface area contributed by atoms with Crippen molar-refractivity contribution in [1.29, 1.82) is 0 Å². The minimum atomic E-state index is -0.776. The zero-order valence-electron chi connectivity index (χ0n) is 16.3. The Morgan fingerprint density at radius 1 is 1.30 bits per heavy atom. The second-order valence-corrected chi connectivity index (χ2v) is 6.94. The van der Waals surface area contributed by atoms with Crippen molar-refractivity contribution in [3.05, 3.63) is 65.6 Å². The predicted octanol–water partition coefficient (Wildman–Crippen LogP) is 4.07. The molecule has 1 aliphatic rings. The third kappa shape index (κ3) is 4.10. The lowest BCUT2D eigenvalue weighted by Gasteiger charge is -2.22. The molecule has 0 unspecified atom stereocenters. The van der Waals surface area contributed by atoms with E-state index in [1.807, 2.05) is 24.3 Å². The molecule has 0 saturated carbocycles. The van der Waals surface area contributed by atoms with E-state index in [0.29, 0.717) is 25.3 Å². The Kier molecular flexibility index (Phi) is 5.60. The molecule has 1 N–H and O–H groups in total. The first-order valence-electron chi connectivity index (χ1n) is 9.51. The van der Waals surface area contributed by atoms with E-state index in [1.54, 1.807) is 12.0 Å². The topological polar surface area (TPSA) is 80.5 Å². The van der Waals surface area contributed by atoms with Gasteiger partial charge in [-0.05, 0) is 42.7 Å². The summed E-state index contributed by atoms with van der Waals surface area (Å²) in [4.78, 5) is 18.6. The van der Waals surface area contributed by atoms with E-state index in [-0.39, 0.29) is 23.3 Å².